The molecule has 0 bridgehead atoms. The average molecular weight is 413 g/mol. The van der Waals surface area contributed by atoms with Crippen LogP contribution in [0.25, 0.3) is 11.2 Å². The van der Waals surface area contributed by atoms with Crippen molar-refractivity contribution in [1.82, 2.24) is 24.9 Å². The number of rotatable bonds is 6. The van der Waals surface area contributed by atoms with E-state index < -0.39 is 0 Å². The second kappa shape index (κ2) is 8.55. The molecule has 0 saturated carbocycles. The molecule has 0 fully saturated rings. The molecule has 1 unspecified atom stereocenters. The molecule has 1 N–H and O–H groups in total. The van der Waals surface area contributed by atoms with Crippen molar-refractivity contribution < 1.29 is 9.21 Å². The van der Waals surface area contributed by atoms with Gasteiger partial charge in [-0.1, -0.05) is 24.3 Å². The largest absolute Gasteiger partial charge is 0.469 e. The molecule has 0 aliphatic heterocycles. The molecule has 5 rings (SSSR count). The Morgan fingerprint density at radius 2 is 2.06 bits per heavy atom. The minimum absolute atomic E-state index is 0.0233. The number of carbonyl (C=O) groups excluding carboxylic acids is 1. The van der Waals surface area contributed by atoms with E-state index in [0.717, 1.165) is 54.9 Å². The van der Waals surface area contributed by atoms with E-state index in [1.54, 1.807) is 12.6 Å². The van der Waals surface area contributed by atoms with E-state index in [9.17, 15) is 4.79 Å². The summed E-state index contributed by atoms with van der Waals surface area (Å²) in [6.07, 6.45) is 11.5. The van der Waals surface area contributed by atoms with Gasteiger partial charge in [0.05, 0.1) is 6.26 Å². The third-order valence-corrected chi connectivity index (χ3v) is 5.71. The van der Waals surface area contributed by atoms with Crippen molar-refractivity contribution in [2.45, 2.75) is 38.1 Å². The Bertz CT molecular complexity index is 1210. The molecule has 156 valence electrons. The van der Waals surface area contributed by atoms with Crippen LogP contribution in [0.3, 0.4) is 0 Å². The van der Waals surface area contributed by atoms with Crippen molar-refractivity contribution in [2.75, 3.05) is 0 Å². The highest BCUT2D eigenvalue weighted by atomic mass is 16.3. The predicted molar refractivity (Wildman–Crippen MR) is 116 cm³/mol. The lowest BCUT2D eigenvalue weighted by molar-refractivity contribution is 0.0935. The van der Waals surface area contributed by atoms with E-state index in [1.165, 1.54) is 5.57 Å². The molecule has 1 atom stereocenters. The molecule has 3 aromatic heterocycles. The number of aryl methyl sites for hydroxylation is 2. The molecule has 31 heavy (non-hydrogen) atoms. The first kappa shape index (κ1) is 19.2. The summed E-state index contributed by atoms with van der Waals surface area (Å²) in [4.78, 5) is 17.1. The van der Waals surface area contributed by atoms with Crippen molar-refractivity contribution in [1.29, 1.82) is 0 Å². The highest BCUT2D eigenvalue weighted by Crippen LogP contribution is 2.29. The van der Waals surface area contributed by atoms with Crippen LogP contribution in [-0.4, -0.2) is 31.5 Å². The van der Waals surface area contributed by atoms with Crippen LogP contribution in [0.15, 0.2) is 71.7 Å². The second-order valence-corrected chi connectivity index (χ2v) is 7.73. The maximum atomic E-state index is 12.4. The number of nitrogens with zero attached hydrogens (tertiary/aromatic N) is 4. The number of amides is 1. The summed E-state index contributed by atoms with van der Waals surface area (Å²) in [5.41, 5.74) is 3.72. The molecule has 1 aliphatic carbocycles. The fourth-order valence-electron chi connectivity index (χ4n) is 4.04. The van der Waals surface area contributed by atoms with Gasteiger partial charge in [0, 0.05) is 36.2 Å². The molecule has 4 aromatic rings. The third-order valence-electron chi connectivity index (χ3n) is 5.71. The molecule has 7 heteroatoms. The van der Waals surface area contributed by atoms with Crippen LogP contribution < -0.4 is 5.32 Å². The van der Waals surface area contributed by atoms with Gasteiger partial charge in [-0.05, 0) is 49.1 Å². The van der Waals surface area contributed by atoms with Crippen LogP contribution in [-0.2, 0) is 12.8 Å². The summed E-state index contributed by atoms with van der Waals surface area (Å²) >= 11 is 0. The number of benzene rings is 1. The highest BCUT2D eigenvalue weighted by Gasteiger charge is 2.20. The van der Waals surface area contributed by atoms with Gasteiger partial charge in [0.2, 0.25) is 0 Å². The molecule has 7 nitrogen and oxygen atoms in total. The topological polar surface area (TPSA) is 85.3 Å². The highest BCUT2D eigenvalue weighted by molar-refractivity contribution is 5.94. The van der Waals surface area contributed by atoms with Crippen molar-refractivity contribution in [2.24, 2.45) is 0 Å². The first-order valence-electron chi connectivity index (χ1n) is 10.5. The number of hydrogen-bond acceptors (Lipinski definition) is 5. The molecule has 0 radical (unpaired) electrons. The fraction of sp³-hybridized carbons (Fsp3) is 0.250. The smallest absolute Gasteiger partial charge is 0.251 e. The first-order chi connectivity index (χ1) is 15.3. The van der Waals surface area contributed by atoms with Crippen LogP contribution in [0.5, 0.6) is 0 Å². The van der Waals surface area contributed by atoms with Crippen LogP contribution in [0.2, 0.25) is 0 Å². The van der Waals surface area contributed by atoms with Crippen LogP contribution in [0.1, 0.15) is 46.8 Å². The van der Waals surface area contributed by atoms with E-state index in [1.807, 2.05) is 53.1 Å². The van der Waals surface area contributed by atoms with Crippen molar-refractivity contribution in [3.05, 3.63) is 90.0 Å². The minimum atomic E-state index is -0.0233. The second-order valence-electron chi connectivity index (χ2n) is 7.73. The zero-order valence-corrected chi connectivity index (χ0v) is 17.1. The first-order valence-corrected chi connectivity index (χ1v) is 10.5. The maximum absolute atomic E-state index is 12.4. The Hall–Kier alpha value is -3.74. The lowest BCUT2D eigenvalue weighted by atomic mass is 9.91. The summed E-state index contributed by atoms with van der Waals surface area (Å²) in [6.45, 7) is 0. The Morgan fingerprint density at radius 3 is 2.84 bits per heavy atom. The van der Waals surface area contributed by atoms with Crippen LogP contribution in [0, 0.1) is 0 Å². The molecule has 1 amide bonds. The Kier molecular flexibility index (Phi) is 5.31. The van der Waals surface area contributed by atoms with Crippen LogP contribution in [0.4, 0.5) is 0 Å². The number of furan rings is 1. The SMILES string of the molecule is O=C(NC1CC=C(c2cnc(CCc3ccco3)n3cnnc23)CC1)c1ccccc1. The van der Waals surface area contributed by atoms with Gasteiger partial charge in [-0.3, -0.25) is 9.20 Å². The molecule has 1 aromatic carbocycles. The summed E-state index contributed by atoms with van der Waals surface area (Å²) in [5.74, 6) is 1.82. The van der Waals surface area contributed by atoms with Gasteiger partial charge in [0.15, 0.2) is 5.65 Å². The third kappa shape index (κ3) is 4.12. The predicted octanol–water partition coefficient (Wildman–Crippen LogP) is 3.87. The molecule has 0 spiro atoms. The Balaban J connectivity index is 1.29. The summed E-state index contributed by atoms with van der Waals surface area (Å²) in [6, 6.07) is 13.3. The molecule has 1 aliphatic rings. The summed E-state index contributed by atoms with van der Waals surface area (Å²) in [5, 5.41) is 11.6. The van der Waals surface area contributed by atoms with Crippen LogP contribution >= 0.6 is 0 Å². The van der Waals surface area contributed by atoms with E-state index >= 15 is 0 Å². The number of aromatic nitrogens is 4. The lowest BCUT2D eigenvalue weighted by Gasteiger charge is -2.23. The Morgan fingerprint density at radius 1 is 1.16 bits per heavy atom. The van der Waals surface area contributed by atoms with Gasteiger partial charge in [0.25, 0.3) is 5.91 Å². The number of nitrogens with one attached hydrogen (secondary N) is 1. The number of carbonyl (C=O) groups is 1. The van der Waals surface area contributed by atoms with Crippen molar-refractivity contribution >= 4 is 17.1 Å². The number of hydrogen-bond donors (Lipinski definition) is 1. The Labute approximate surface area is 179 Å². The van der Waals surface area contributed by atoms with Gasteiger partial charge >= 0.3 is 0 Å². The molecule has 0 saturated heterocycles. The van der Waals surface area contributed by atoms with Gasteiger partial charge in [-0.15, -0.1) is 10.2 Å². The van der Waals surface area contributed by atoms with Gasteiger partial charge in [-0.2, -0.15) is 0 Å². The van der Waals surface area contributed by atoms with E-state index in [2.05, 4.69) is 21.6 Å². The standard InChI is InChI=1S/C24H23N5O2/c30-24(18-5-2-1-3-6-18)27-19-10-8-17(9-11-19)21-15-25-22(29-16-26-28-23(21)29)13-12-20-7-4-14-31-20/h1-8,14-16,19H,9-13H2,(H,27,30). The van der Waals surface area contributed by atoms with Gasteiger partial charge in [-0.25, -0.2) is 4.98 Å². The molecular weight excluding hydrogens is 390 g/mol. The van der Waals surface area contributed by atoms with E-state index in [-0.39, 0.29) is 11.9 Å². The van der Waals surface area contributed by atoms with Gasteiger partial charge < -0.3 is 9.73 Å². The fourth-order valence-corrected chi connectivity index (χ4v) is 4.04. The quantitative estimate of drug-likeness (QED) is 0.519. The average Bonchev–Trinajstić information content (AvgIpc) is 3.51. The summed E-state index contributed by atoms with van der Waals surface area (Å²) < 4.78 is 7.39. The normalized spacial score (nSPS) is 16.3. The number of allylic oxidation sites excluding steroid dienone is 1. The maximum Gasteiger partial charge on any atom is 0.251 e. The number of fused-ring (bicyclic) bond motifs is 1. The minimum Gasteiger partial charge on any atom is -0.469 e. The molecular formula is C24H23N5O2. The van der Waals surface area contributed by atoms with E-state index in [4.69, 9.17) is 9.40 Å². The van der Waals surface area contributed by atoms with Gasteiger partial charge in [0.1, 0.15) is 17.9 Å². The zero-order chi connectivity index (χ0) is 21.0. The van der Waals surface area contributed by atoms with Crippen molar-refractivity contribution in [3.63, 3.8) is 0 Å². The zero-order valence-electron chi connectivity index (χ0n) is 17.1. The monoisotopic (exact) mass is 413 g/mol. The summed E-state index contributed by atoms with van der Waals surface area (Å²) in [7, 11) is 0. The van der Waals surface area contributed by atoms with Crippen molar-refractivity contribution in [3.8, 4) is 0 Å². The molecule has 3 heterocycles. The van der Waals surface area contributed by atoms with E-state index in [0.29, 0.717) is 5.56 Å². The lowest BCUT2D eigenvalue weighted by Crippen LogP contribution is -2.35.